The Balaban J connectivity index is 1.77. The second kappa shape index (κ2) is 4.08. The number of fused-ring (bicyclic) bond motifs is 2. The lowest BCUT2D eigenvalue weighted by Crippen LogP contribution is -2.45. The minimum absolute atomic E-state index is 0.379. The summed E-state index contributed by atoms with van der Waals surface area (Å²) in [5.41, 5.74) is 2.21. The van der Waals surface area contributed by atoms with Crippen LogP contribution < -0.4 is 5.32 Å². The molecule has 0 aromatic carbocycles. The van der Waals surface area contributed by atoms with E-state index < -0.39 is 0 Å². The van der Waals surface area contributed by atoms with Crippen LogP contribution in [-0.4, -0.2) is 15.8 Å². The molecule has 3 rings (SSSR count). The van der Waals surface area contributed by atoms with Gasteiger partial charge in [0.1, 0.15) is 0 Å². The average molecular weight is 261 g/mol. The number of nitrogens with one attached hydrogen (secondary N) is 1. The Morgan fingerprint density at radius 2 is 2.16 bits per heavy atom. The van der Waals surface area contributed by atoms with Crippen LogP contribution in [0.25, 0.3) is 0 Å². The lowest BCUT2D eigenvalue weighted by atomic mass is 9.69. The molecule has 0 aliphatic heterocycles. The standard InChI is InChI=1S/C16H27N3/c1-11(13-7-9-17-19(13)5)18-14-10-12-6-8-16(14,4)15(12,2)3/h7,9,11-12,14,18H,6,8,10H2,1-5H3. The van der Waals surface area contributed by atoms with Crippen LogP contribution in [0.3, 0.4) is 0 Å². The van der Waals surface area contributed by atoms with Gasteiger partial charge >= 0.3 is 0 Å². The van der Waals surface area contributed by atoms with Crippen LogP contribution in [0.1, 0.15) is 58.7 Å². The molecule has 1 heterocycles. The van der Waals surface area contributed by atoms with Crippen LogP contribution in [0.15, 0.2) is 12.3 Å². The molecule has 4 atom stereocenters. The van der Waals surface area contributed by atoms with Gasteiger partial charge in [-0.15, -0.1) is 0 Å². The van der Waals surface area contributed by atoms with Gasteiger partial charge < -0.3 is 5.32 Å². The first-order chi connectivity index (χ1) is 8.86. The number of aryl methyl sites for hydroxylation is 1. The Labute approximate surface area is 116 Å². The molecular formula is C16H27N3. The highest BCUT2D eigenvalue weighted by molar-refractivity contribution is 5.15. The van der Waals surface area contributed by atoms with E-state index in [9.17, 15) is 0 Å². The topological polar surface area (TPSA) is 29.9 Å². The van der Waals surface area contributed by atoms with Gasteiger partial charge in [-0.3, -0.25) is 4.68 Å². The molecule has 0 saturated heterocycles. The molecule has 0 amide bonds. The van der Waals surface area contributed by atoms with E-state index in [1.165, 1.54) is 25.0 Å². The van der Waals surface area contributed by atoms with Crippen molar-refractivity contribution in [1.82, 2.24) is 15.1 Å². The fourth-order valence-electron chi connectivity index (χ4n) is 4.65. The fraction of sp³-hybridized carbons (Fsp3) is 0.812. The Morgan fingerprint density at radius 1 is 1.42 bits per heavy atom. The second-order valence-electron chi connectivity index (χ2n) is 7.43. The Morgan fingerprint density at radius 3 is 2.63 bits per heavy atom. The van der Waals surface area contributed by atoms with Gasteiger partial charge in [-0.25, -0.2) is 0 Å². The maximum Gasteiger partial charge on any atom is 0.0547 e. The van der Waals surface area contributed by atoms with Gasteiger partial charge in [0, 0.05) is 25.3 Å². The molecule has 1 aromatic heterocycles. The van der Waals surface area contributed by atoms with Gasteiger partial charge in [-0.1, -0.05) is 20.8 Å². The lowest BCUT2D eigenvalue weighted by molar-refractivity contribution is 0.116. The molecule has 106 valence electrons. The molecule has 3 nitrogen and oxygen atoms in total. The van der Waals surface area contributed by atoms with Crippen LogP contribution in [0.5, 0.6) is 0 Å². The molecule has 2 aliphatic rings. The maximum atomic E-state index is 4.28. The van der Waals surface area contributed by atoms with E-state index >= 15 is 0 Å². The average Bonchev–Trinajstić information content (AvgIpc) is 2.90. The summed E-state index contributed by atoms with van der Waals surface area (Å²) in [6.45, 7) is 9.70. The summed E-state index contributed by atoms with van der Waals surface area (Å²) in [4.78, 5) is 0. The van der Waals surface area contributed by atoms with Crippen molar-refractivity contribution in [2.24, 2.45) is 23.8 Å². The van der Waals surface area contributed by atoms with Gasteiger partial charge in [0.05, 0.1) is 5.69 Å². The lowest BCUT2D eigenvalue weighted by Gasteiger charge is -2.40. The van der Waals surface area contributed by atoms with Gasteiger partial charge in [0.25, 0.3) is 0 Å². The quantitative estimate of drug-likeness (QED) is 0.905. The Hall–Kier alpha value is -0.830. The first-order valence-electron chi connectivity index (χ1n) is 7.60. The van der Waals surface area contributed by atoms with Crippen molar-refractivity contribution in [1.29, 1.82) is 0 Å². The molecule has 1 N–H and O–H groups in total. The van der Waals surface area contributed by atoms with Gasteiger partial charge in [-0.2, -0.15) is 5.10 Å². The van der Waals surface area contributed by atoms with E-state index in [4.69, 9.17) is 0 Å². The van der Waals surface area contributed by atoms with Gasteiger partial charge in [0.2, 0.25) is 0 Å². The van der Waals surface area contributed by atoms with Crippen molar-refractivity contribution in [3.8, 4) is 0 Å². The summed E-state index contributed by atoms with van der Waals surface area (Å²) in [7, 11) is 2.03. The van der Waals surface area contributed by atoms with Gasteiger partial charge in [-0.05, 0) is 49.0 Å². The first kappa shape index (κ1) is 13.2. The van der Waals surface area contributed by atoms with Crippen molar-refractivity contribution in [3.63, 3.8) is 0 Å². The van der Waals surface area contributed by atoms with Gasteiger partial charge in [0.15, 0.2) is 0 Å². The maximum absolute atomic E-state index is 4.28. The highest BCUT2D eigenvalue weighted by Gasteiger charge is 2.61. The van der Waals surface area contributed by atoms with E-state index in [1.807, 2.05) is 17.9 Å². The molecule has 1 aromatic rings. The van der Waals surface area contributed by atoms with E-state index in [1.54, 1.807) is 0 Å². The van der Waals surface area contributed by atoms with Crippen molar-refractivity contribution in [2.45, 2.75) is 59.0 Å². The highest BCUT2D eigenvalue weighted by atomic mass is 15.3. The first-order valence-corrected chi connectivity index (χ1v) is 7.60. The van der Waals surface area contributed by atoms with Crippen molar-refractivity contribution >= 4 is 0 Å². The monoisotopic (exact) mass is 261 g/mol. The van der Waals surface area contributed by atoms with E-state index in [0.717, 1.165) is 5.92 Å². The molecule has 3 heteroatoms. The zero-order chi connectivity index (χ0) is 13.8. The molecule has 2 fully saturated rings. The van der Waals surface area contributed by atoms with Crippen LogP contribution in [0, 0.1) is 16.7 Å². The minimum atomic E-state index is 0.379. The minimum Gasteiger partial charge on any atom is -0.305 e. The van der Waals surface area contributed by atoms with Crippen molar-refractivity contribution in [3.05, 3.63) is 18.0 Å². The molecule has 0 radical (unpaired) electrons. The number of rotatable bonds is 3. The third-order valence-corrected chi connectivity index (χ3v) is 6.55. The molecular weight excluding hydrogens is 234 g/mol. The zero-order valence-electron chi connectivity index (χ0n) is 12.9. The zero-order valence-corrected chi connectivity index (χ0v) is 12.9. The summed E-state index contributed by atoms with van der Waals surface area (Å²) in [5, 5.41) is 8.17. The van der Waals surface area contributed by atoms with E-state index in [0.29, 0.717) is 22.9 Å². The van der Waals surface area contributed by atoms with E-state index in [-0.39, 0.29) is 0 Å². The predicted molar refractivity (Wildman–Crippen MR) is 77.8 cm³/mol. The number of hydrogen-bond acceptors (Lipinski definition) is 2. The Bertz CT molecular complexity index is 476. The molecule has 0 spiro atoms. The summed E-state index contributed by atoms with van der Waals surface area (Å²) in [5.74, 6) is 0.897. The molecule has 19 heavy (non-hydrogen) atoms. The van der Waals surface area contributed by atoms with E-state index in [2.05, 4.69) is 44.2 Å². The summed E-state index contributed by atoms with van der Waals surface area (Å²) in [6, 6.07) is 3.15. The highest BCUT2D eigenvalue weighted by Crippen LogP contribution is 2.65. The summed E-state index contributed by atoms with van der Waals surface area (Å²) in [6.07, 6.45) is 6.02. The number of aromatic nitrogens is 2. The molecule has 2 saturated carbocycles. The smallest absolute Gasteiger partial charge is 0.0547 e. The number of hydrogen-bond donors (Lipinski definition) is 1. The van der Waals surface area contributed by atoms with Crippen LogP contribution in [-0.2, 0) is 7.05 Å². The van der Waals surface area contributed by atoms with Crippen LogP contribution in [0.2, 0.25) is 0 Å². The van der Waals surface area contributed by atoms with Crippen molar-refractivity contribution in [2.75, 3.05) is 0 Å². The number of nitrogens with zero attached hydrogens (tertiary/aromatic N) is 2. The van der Waals surface area contributed by atoms with Crippen molar-refractivity contribution < 1.29 is 0 Å². The SMILES string of the molecule is CC(NC1CC2CCC1(C)C2(C)C)c1ccnn1C. The predicted octanol–water partition coefficient (Wildman–Crippen LogP) is 3.29. The molecule has 4 unspecified atom stereocenters. The molecule has 2 aliphatic carbocycles. The third kappa shape index (κ3) is 1.70. The second-order valence-corrected chi connectivity index (χ2v) is 7.43. The third-order valence-electron chi connectivity index (χ3n) is 6.55. The summed E-state index contributed by atoms with van der Waals surface area (Å²) >= 11 is 0. The van der Waals surface area contributed by atoms with Crippen LogP contribution in [0.4, 0.5) is 0 Å². The Kier molecular flexibility index (Phi) is 2.83. The largest absolute Gasteiger partial charge is 0.305 e. The fourth-order valence-corrected chi connectivity index (χ4v) is 4.65. The van der Waals surface area contributed by atoms with Crippen LogP contribution >= 0.6 is 0 Å². The summed E-state index contributed by atoms with van der Waals surface area (Å²) < 4.78 is 1.98. The normalized spacial score (nSPS) is 37.7. The molecule has 2 bridgehead atoms.